The predicted molar refractivity (Wildman–Crippen MR) is 255 cm³/mol. The Morgan fingerprint density at radius 2 is 0.800 bits per heavy atom. The Balaban J connectivity index is 1.14. The molecule has 0 amide bonds. The van der Waals surface area contributed by atoms with Crippen LogP contribution < -0.4 is 4.90 Å². The summed E-state index contributed by atoms with van der Waals surface area (Å²) in [5, 5.41) is 11.9. The molecule has 0 atom stereocenters. The smallest absolute Gasteiger partial charge is 0.143 e. The first kappa shape index (κ1) is 34.1. The summed E-state index contributed by atoms with van der Waals surface area (Å²) < 4.78 is 6.62. The van der Waals surface area contributed by atoms with Gasteiger partial charge in [-0.15, -0.1) is 0 Å². The van der Waals surface area contributed by atoms with Crippen molar-refractivity contribution < 1.29 is 4.42 Å². The Bertz CT molecular complexity index is 3600. The van der Waals surface area contributed by atoms with Crippen molar-refractivity contribution in [1.82, 2.24) is 0 Å². The molecule has 0 aliphatic carbocycles. The molecule has 1 heterocycles. The highest BCUT2D eigenvalue weighted by Crippen LogP contribution is 2.48. The minimum atomic E-state index is 0.874. The predicted octanol–water partition coefficient (Wildman–Crippen LogP) is 16.7. The second kappa shape index (κ2) is 13.9. The molecule has 2 heteroatoms. The average Bonchev–Trinajstić information content (AvgIpc) is 3.70. The van der Waals surface area contributed by atoms with E-state index in [0.717, 1.165) is 50.0 Å². The van der Waals surface area contributed by atoms with Gasteiger partial charge in [0.05, 0.1) is 0 Å². The Morgan fingerprint density at radius 1 is 0.267 bits per heavy atom. The second-order valence-electron chi connectivity index (χ2n) is 15.7. The van der Waals surface area contributed by atoms with Crippen molar-refractivity contribution in [2.75, 3.05) is 4.90 Å². The molecule has 0 radical (unpaired) electrons. The van der Waals surface area contributed by atoms with Crippen LogP contribution in [0.5, 0.6) is 0 Å². The van der Waals surface area contributed by atoms with E-state index in [2.05, 4.69) is 229 Å². The molecule has 0 spiro atoms. The first-order valence-electron chi connectivity index (χ1n) is 20.6. The van der Waals surface area contributed by atoms with E-state index in [1.807, 2.05) is 0 Å². The molecule has 12 aromatic rings. The van der Waals surface area contributed by atoms with Crippen LogP contribution in [0.2, 0.25) is 0 Å². The number of hydrogen-bond donors (Lipinski definition) is 0. The molecule has 0 fully saturated rings. The van der Waals surface area contributed by atoms with Crippen LogP contribution in [0.15, 0.2) is 229 Å². The van der Waals surface area contributed by atoms with Gasteiger partial charge in [0.15, 0.2) is 0 Å². The Hall–Kier alpha value is -7.94. The van der Waals surface area contributed by atoms with Gasteiger partial charge in [-0.05, 0) is 126 Å². The van der Waals surface area contributed by atoms with E-state index in [9.17, 15) is 0 Å². The summed E-state index contributed by atoms with van der Waals surface area (Å²) in [5.74, 6) is 0. The largest absolute Gasteiger partial charge is 0.455 e. The zero-order chi connectivity index (χ0) is 39.6. The van der Waals surface area contributed by atoms with Crippen LogP contribution >= 0.6 is 0 Å². The molecule has 0 saturated carbocycles. The highest BCUT2D eigenvalue weighted by Gasteiger charge is 2.22. The molecule has 1 aromatic heterocycles. The normalized spacial score (nSPS) is 11.7. The van der Waals surface area contributed by atoms with Crippen LogP contribution in [0.1, 0.15) is 0 Å². The number of fused-ring (bicyclic) bond motifs is 9. The third-order valence-electron chi connectivity index (χ3n) is 12.2. The topological polar surface area (TPSA) is 16.4 Å². The lowest BCUT2D eigenvalue weighted by molar-refractivity contribution is 0.672. The number of furan rings is 1. The fraction of sp³-hybridized carbons (Fsp3) is 0. The average molecular weight is 764 g/mol. The quantitative estimate of drug-likeness (QED) is 0.157. The van der Waals surface area contributed by atoms with E-state index in [0.29, 0.717) is 0 Å². The maximum atomic E-state index is 6.62. The standard InChI is InChI=1S/C58H37NO/c1-3-16-40(17-4-1)56-51-25-12-11-24-49(51)50-32-29-46(37-54(50)57(56)41-18-5-2-6-19-41)59(45-22-13-21-43(35-45)44-27-26-38-14-7-8-20-42(38)34-44)47-30-33-55-53(36-47)52-31-28-39-15-9-10-23-48(39)58(52)60-55/h1-37H. The van der Waals surface area contributed by atoms with E-state index < -0.39 is 0 Å². The molecule has 0 aliphatic heterocycles. The fourth-order valence-corrected chi connectivity index (χ4v) is 9.40. The van der Waals surface area contributed by atoms with Crippen molar-refractivity contribution in [3.63, 3.8) is 0 Å². The molecule has 0 saturated heterocycles. The van der Waals surface area contributed by atoms with Crippen LogP contribution in [-0.2, 0) is 0 Å². The van der Waals surface area contributed by atoms with Crippen LogP contribution in [0, 0.1) is 0 Å². The summed E-state index contributed by atoms with van der Waals surface area (Å²) >= 11 is 0. The zero-order valence-electron chi connectivity index (χ0n) is 32.7. The summed E-state index contributed by atoms with van der Waals surface area (Å²) in [7, 11) is 0. The highest BCUT2D eigenvalue weighted by atomic mass is 16.3. The third-order valence-corrected chi connectivity index (χ3v) is 12.2. The summed E-state index contributed by atoms with van der Waals surface area (Å²) in [6, 6.07) is 81.4. The maximum absolute atomic E-state index is 6.62. The van der Waals surface area contributed by atoms with Gasteiger partial charge >= 0.3 is 0 Å². The van der Waals surface area contributed by atoms with E-state index in [1.165, 1.54) is 65.5 Å². The first-order valence-corrected chi connectivity index (χ1v) is 20.6. The summed E-state index contributed by atoms with van der Waals surface area (Å²) in [6.45, 7) is 0. The minimum absolute atomic E-state index is 0.874. The van der Waals surface area contributed by atoms with E-state index in [4.69, 9.17) is 4.42 Å². The van der Waals surface area contributed by atoms with E-state index in [-0.39, 0.29) is 0 Å². The van der Waals surface area contributed by atoms with Crippen LogP contribution in [0.4, 0.5) is 17.1 Å². The van der Waals surface area contributed by atoms with Crippen molar-refractivity contribution in [3.05, 3.63) is 224 Å². The number of hydrogen-bond acceptors (Lipinski definition) is 2. The Morgan fingerprint density at radius 3 is 1.58 bits per heavy atom. The minimum Gasteiger partial charge on any atom is -0.455 e. The SMILES string of the molecule is c1ccc(-c2c(-c3ccccc3)c3cc(N(c4cccc(-c5ccc6ccccc6c5)c4)c4ccc5oc6c7ccccc7ccc6c5c4)ccc3c3ccccc23)cc1. The van der Waals surface area contributed by atoms with E-state index >= 15 is 0 Å². The Labute approximate surface area is 347 Å². The fourth-order valence-electron chi connectivity index (χ4n) is 9.40. The van der Waals surface area contributed by atoms with Crippen LogP contribution in [0.3, 0.4) is 0 Å². The number of anilines is 3. The lowest BCUT2D eigenvalue weighted by Crippen LogP contribution is -2.10. The summed E-state index contributed by atoms with van der Waals surface area (Å²) in [4.78, 5) is 2.41. The van der Waals surface area contributed by atoms with Crippen LogP contribution in [0.25, 0.3) is 98.4 Å². The van der Waals surface area contributed by atoms with Crippen LogP contribution in [-0.4, -0.2) is 0 Å². The molecular formula is C58H37NO. The van der Waals surface area contributed by atoms with Gasteiger partial charge in [-0.2, -0.15) is 0 Å². The van der Waals surface area contributed by atoms with Crippen molar-refractivity contribution in [1.29, 1.82) is 0 Å². The third kappa shape index (κ3) is 5.57. The van der Waals surface area contributed by atoms with Crippen molar-refractivity contribution in [2.45, 2.75) is 0 Å². The monoisotopic (exact) mass is 763 g/mol. The van der Waals surface area contributed by atoms with Gasteiger partial charge in [-0.1, -0.05) is 170 Å². The molecule has 0 N–H and O–H groups in total. The van der Waals surface area contributed by atoms with Crippen molar-refractivity contribution in [2.24, 2.45) is 0 Å². The van der Waals surface area contributed by atoms with Gasteiger partial charge in [-0.3, -0.25) is 0 Å². The molecule has 0 bridgehead atoms. The highest BCUT2D eigenvalue weighted by molar-refractivity contribution is 6.22. The zero-order valence-corrected chi connectivity index (χ0v) is 32.7. The molecule has 11 aromatic carbocycles. The van der Waals surface area contributed by atoms with E-state index in [1.54, 1.807) is 0 Å². The van der Waals surface area contributed by atoms with Gasteiger partial charge in [0.25, 0.3) is 0 Å². The van der Waals surface area contributed by atoms with Crippen molar-refractivity contribution in [3.8, 4) is 33.4 Å². The number of nitrogens with zero attached hydrogens (tertiary/aromatic N) is 1. The molecule has 12 rings (SSSR count). The number of benzene rings is 11. The van der Waals surface area contributed by atoms with Gasteiger partial charge in [0, 0.05) is 33.2 Å². The molecule has 0 aliphatic rings. The molecule has 0 unspecified atom stereocenters. The first-order chi connectivity index (χ1) is 29.7. The second-order valence-corrected chi connectivity index (χ2v) is 15.7. The lowest BCUT2D eigenvalue weighted by atomic mass is 9.85. The summed E-state index contributed by atoms with van der Waals surface area (Å²) in [6.07, 6.45) is 0. The van der Waals surface area contributed by atoms with Crippen molar-refractivity contribution >= 4 is 82.1 Å². The number of rotatable bonds is 6. The molecule has 280 valence electrons. The summed E-state index contributed by atoms with van der Waals surface area (Å²) in [5.41, 5.74) is 12.2. The molecule has 2 nitrogen and oxygen atoms in total. The maximum Gasteiger partial charge on any atom is 0.143 e. The van der Waals surface area contributed by atoms with Gasteiger partial charge in [-0.25, -0.2) is 0 Å². The molecule has 60 heavy (non-hydrogen) atoms. The lowest BCUT2D eigenvalue weighted by Gasteiger charge is -2.27. The van der Waals surface area contributed by atoms with Gasteiger partial charge < -0.3 is 9.32 Å². The van der Waals surface area contributed by atoms with Gasteiger partial charge in [0.1, 0.15) is 11.2 Å². The molecular weight excluding hydrogens is 727 g/mol. The van der Waals surface area contributed by atoms with Gasteiger partial charge in [0.2, 0.25) is 0 Å². The Kier molecular flexibility index (Phi) is 7.89.